The number of rotatable bonds is 6. The molecule has 2 aromatic rings. The Kier molecular flexibility index (Phi) is 5.75. The molecule has 8 heteroatoms. The maximum Gasteiger partial charge on any atom is 0.321 e. The van der Waals surface area contributed by atoms with E-state index in [1.165, 1.54) is 6.26 Å². The largest absolute Gasteiger partial charge is 0.486 e. The second-order valence-corrected chi connectivity index (χ2v) is 5.96. The Hall–Kier alpha value is -3.00. The number of ether oxygens (including phenoxy) is 2. The van der Waals surface area contributed by atoms with E-state index in [1.54, 1.807) is 24.1 Å². The van der Waals surface area contributed by atoms with E-state index in [0.29, 0.717) is 31.3 Å². The molecule has 1 aliphatic rings. The molecule has 0 unspecified atom stereocenters. The van der Waals surface area contributed by atoms with E-state index in [2.05, 4.69) is 10.6 Å². The molecule has 0 saturated heterocycles. The first-order valence-corrected chi connectivity index (χ1v) is 8.27. The molecule has 0 bridgehead atoms. The van der Waals surface area contributed by atoms with Crippen LogP contribution < -0.4 is 20.1 Å². The highest BCUT2D eigenvalue weighted by atomic mass is 16.6. The first-order valence-electron chi connectivity index (χ1n) is 8.27. The monoisotopic (exact) mass is 359 g/mol. The van der Waals surface area contributed by atoms with Crippen LogP contribution in [0.3, 0.4) is 0 Å². The molecule has 1 aromatic carbocycles. The Morgan fingerprint density at radius 2 is 1.96 bits per heavy atom. The molecule has 2 heterocycles. The van der Waals surface area contributed by atoms with Gasteiger partial charge in [-0.3, -0.25) is 15.0 Å². The fourth-order valence-corrected chi connectivity index (χ4v) is 2.59. The van der Waals surface area contributed by atoms with Gasteiger partial charge in [0.2, 0.25) is 5.91 Å². The first-order chi connectivity index (χ1) is 12.6. The summed E-state index contributed by atoms with van der Waals surface area (Å²) in [5.74, 6) is 1.67. The Morgan fingerprint density at radius 3 is 2.73 bits per heavy atom. The fourth-order valence-electron chi connectivity index (χ4n) is 2.59. The number of hydrogen-bond acceptors (Lipinski definition) is 6. The maximum absolute atomic E-state index is 12.0. The van der Waals surface area contributed by atoms with Crippen molar-refractivity contribution < 1.29 is 23.5 Å². The molecule has 0 aliphatic carbocycles. The summed E-state index contributed by atoms with van der Waals surface area (Å²) in [4.78, 5) is 25.5. The van der Waals surface area contributed by atoms with E-state index in [9.17, 15) is 9.59 Å². The number of carbonyl (C=O) groups is 2. The normalized spacial score (nSPS) is 12.7. The second kappa shape index (κ2) is 8.39. The number of imide groups is 1. The van der Waals surface area contributed by atoms with Gasteiger partial charge in [-0.1, -0.05) is 6.07 Å². The van der Waals surface area contributed by atoms with Gasteiger partial charge in [0.05, 0.1) is 19.4 Å². The van der Waals surface area contributed by atoms with Crippen LogP contribution in [0.5, 0.6) is 11.5 Å². The average Bonchev–Trinajstić information content (AvgIpc) is 3.13. The number of amides is 3. The lowest BCUT2D eigenvalue weighted by atomic mass is 10.2. The summed E-state index contributed by atoms with van der Waals surface area (Å²) < 4.78 is 16.1. The van der Waals surface area contributed by atoms with Gasteiger partial charge in [-0.2, -0.15) is 0 Å². The number of hydrogen-bond donors (Lipinski definition) is 2. The van der Waals surface area contributed by atoms with Crippen LogP contribution in [-0.4, -0.2) is 43.6 Å². The first kappa shape index (κ1) is 17.8. The Labute approximate surface area is 151 Å². The van der Waals surface area contributed by atoms with Crippen molar-refractivity contribution in [2.45, 2.75) is 13.1 Å². The van der Waals surface area contributed by atoms with Gasteiger partial charge in [0, 0.05) is 6.54 Å². The maximum atomic E-state index is 12.0. The second-order valence-electron chi connectivity index (χ2n) is 5.96. The third-order valence-corrected chi connectivity index (χ3v) is 3.73. The van der Waals surface area contributed by atoms with Crippen LogP contribution in [0.25, 0.3) is 0 Å². The van der Waals surface area contributed by atoms with Gasteiger partial charge in [-0.05, 0) is 36.9 Å². The summed E-state index contributed by atoms with van der Waals surface area (Å²) >= 11 is 0. The molecular formula is C18H21N3O5. The van der Waals surface area contributed by atoms with Crippen molar-refractivity contribution >= 4 is 11.9 Å². The number of benzene rings is 1. The number of likely N-dealkylation sites (N-methyl/N-ethyl adjacent to an activating group) is 1. The highest BCUT2D eigenvalue weighted by Crippen LogP contribution is 2.30. The summed E-state index contributed by atoms with van der Waals surface area (Å²) in [7, 11) is 1.80. The van der Waals surface area contributed by atoms with E-state index in [-0.39, 0.29) is 19.0 Å². The van der Waals surface area contributed by atoms with Gasteiger partial charge < -0.3 is 19.2 Å². The van der Waals surface area contributed by atoms with Crippen molar-refractivity contribution in [2.24, 2.45) is 0 Å². The van der Waals surface area contributed by atoms with Crippen LogP contribution in [0.4, 0.5) is 4.79 Å². The number of fused-ring (bicyclic) bond motifs is 1. The van der Waals surface area contributed by atoms with Gasteiger partial charge in [0.15, 0.2) is 11.5 Å². The lowest BCUT2D eigenvalue weighted by molar-refractivity contribution is -0.120. The van der Waals surface area contributed by atoms with E-state index >= 15 is 0 Å². The zero-order chi connectivity index (χ0) is 18.4. The van der Waals surface area contributed by atoms with Gasteiger partial charge >= 0.3 is 6.03 Å². The molecule has 0 spiro atoms. The minimum Gasteiger partial charge on any atom is -0.486 e. The zero-order valence-electron chi connectivity index (χ0n) is 14.5. The number of nitrogens with one attached hydrogen (secondary N) is 2. The molecule has 0 fully saturated rings. The van der Waals surface area contributed by atoms with Crippen LogP contribution >= 0.6 is 0 Å². The highest BCUT2D eigenvalue weighted by molar-refractivity contribution is 5.95. The summed E-state index contributed by atoms with van der Waals surface area (Å²) in [5, 5.41) is 4.85. The van der Waals surface area contributed by atoms with E-state index in [0.717, 1.165) is 11.3 Å². The summed E-state index contributed by atoms with van der Waals surface area (Å²) in [6, 6.07) is 8.60. The van der Waals surface area contributed by atoms with Gasteiger partial charge in [-0.15, -0.1) is 0 Å². The minimum absolute atomic E-state index is 0.0859. The molecular weight excluding hydrogens is 338 g/mol. The molecule has 3 amide bonds. The summed E-state index contributed by atoms with van der Waals surface area (Å²) in [6.07, 6.45) is 1.52. The van der Waals surface area contributed by atoms with Crippen LogP contribution in [0, 0.1) is 0 Å². The SMILES string of the molecule is CN(CC(=O)NC(=O)NCc1ccco1)Cc1ccc2c(c1)OCCO2. The van der Waals surface area contributed by atoms with Crippen LogP contribution in [0.2, 0.25) is 0 Å². The van der Waals surface area contributed by atoms with E-state index in [4.69, 9.17) is 13.9 Å². The molecule has 1 aromatic heterocycles. The Morgan fingerprint density at radius 1 is 1.15 bits per heavy atom. The standard InChI is InChI=1S/C18H21N3O5/c1-21(11-13-4-5-15-16(9-13)26-8-7-25-15)12-17(22)20-18(23)19-10-14-3-2-6-24-14/h2-6,9H,7-8,10-12H2,1H3,(H2,19,20,22,23). The number of carbonyl (C=O) groups excluding carboxylic acids is 2. The zero-order valence-corrected chi connectivity index (χ0v) is 14.5. The predicted molar refractivity (Wildman–Crippen MR) is 92.9 cm³/mol. The highest BCUT2D eigenvalue weighted by Gasteiger charge is 2.14. The average molecular weight is 359 g/mol. The Balaban J connectivity index is 1.43. The lowest BCUT2D eigenvalue weighted by Crippen LogP contribution is -2.43. The smallest absolute Gasteiger partial charge is 0.321 e. The molecule has 0 radical (unpaired) electrons. The molecule has 138 valence electrons. The van der Waals surface area contributed by atoms with Gasteiger partial charge in [0.25, 0.3) is 0 Å². The Bertz CT molecular complexity index is 760. The summed E-state index contributed by atoms with van der Waals surface area (Å²) in [5.41, 5.74) is 0.992. The van der Waals surface area contributed by atoms with Crippen molar-refractivity contribution in [3.63, 3.8) is 0 Å². The van der Waals surface area contributed by atoms with Crippen LogP contribution in [-0.2, 0) is 17.9 Å². The third-order valence-electron chi connectivity index (χ3n) is 3.73. The van der Waals surface area contributed by atoms with Crippen molar-refractivity contribution in [1.82, 2.24) is 15.5 Å². The minimum atomic E-state index is -0.556. The van der Waals surface area contributed by atoms with Crippen molar-refractivity contribution in [3.05, 3.63) is 47.9 Å². The van der Waals surface area contributed by atoms with Gasteiger partial charge in [0.1, 0.15) is 19.0 Å². The number of nitrogens with zero attached hydrogens (tertiary/aromatic N) is 1. The van der Waals surface area contributed by atoms with Crippen molar-refractivity contribution in [1.29, 1.82) is 0 Å². The van der Waals surface area contributed by atoms with Gasteiger partial charge in [-0.25, -0.2) is 4.79 Å². The molecule has 0 atom stereocenters. The van der Waals surface area contributed by atoms with Crippen molar-refractivity contribution in [3.8, 4) is 11.5 Å². The van der Waals surface area contributed by atoms with Crippen molar-refractivity contribution in [2.75, 3.05) is 26.8 Å². The number of urea groups is 1. The summed E-state index contributed by atoms with van der Waals surface area (Å²) in [6.45, 7) is 1.93. The molecule has 2 N–H and O–H groups in total. The van der Waals surface area contributed by atoms with E-state index < -0.39 is 6.03 Å². The molecule has 3 rings (SSSR count). The molecule has 26 heavy (non-hydrogen) atoms. The molecule has 8 nitrogen and oxygen atoms in total. The fraction of sp³-hybridized carbons (Fsp3) is 0.333. The molecule has 0 saturated carbocycles. The van der Waals surface area contributed by atoms with Crippen LogP contribution in [0.15, 0.2) is 41.0 Å². The van der Waals surface area contributed by atoms with E-state index in [1.807, 2.05) is 18.2 Å². The quantitative estimate of drug-likeness (QED) is 0.812. The predicted octanol–water partition coefficient (Wildman–Crippen LogP) is 1.51. The third kappa shape index (κ3) is 5.00. The van der Waals surface area contributed by atoms with Crippen LogP contribution in [0.1, 0.15) is 11.3 Å². The topological polar surface area (TPSA) is 93.0 Å². The molecule has 1 aliphatic heterocycles. The number of furan rings is 1. The lowest BCUT2D eigenvalue weighted by Gasteiger charge is -2.20.